The van der Waals surface area contributed by atoms with Gasteiger partial charge in [-0.2, -0.15) is 4.39 Å². The molecule has 0 aliphatic rings. The molecule has 0 aliphatic heterocycles. The first-order valence-corrected chi connectivity index (χ1v) is 3.05. The maximum atomic E-state index is 12.4. The molecular formula is C7H9FN2. The number of nitrogens with one attached hydrogen (secondary N) is 1. The minimum absolute atomic E-state index is 0.449. The zero-order valence-corrected chi connectivity index (χ0v) is 5.98. The van der Waals surface area contributed by atoms with Crippen molar-refractivity contribution in [1.82, 2.24) is 4.98 Å². The average Bonchev–Trinajstić information content (AvgIpc) is 1.94. The normalized spacial score (nSPS) is 9.50. The predicted molar refractivity (Wildman–Crippen MR) is 38.5 cm³/mol. The molecule has 1 rings (SSSR count). The van der Waals surface area contributed by atoms with E-state index in [0.717, 1.165) is 5.56 Å². The molecule has 0 amide bonds. The van der Waals surface area contributed by atoms with E-state index in [9.17, 15) is 4.39 Å². The summed E-state index contributed by atoms with van der Waals surface area (Å²) in [5, 5.41) is 2.78. The van der Waals surface area contributed by atoms with Gasteiger partial charge in [0.25, 0.3) is 0 Å². The summed E-state index contributed by atoms with van der Waals surface area (Å²) in [7, 11) is 1.72. The molecule has 0 atom stereocenters. The molecule has 1 aromatic rings. The molecule has 0 saturated carbocycles. The summed E-state index contributed by atoms with van der Waals surface area (Å²) < 4.78 is 12.4. The van der Waals surface area contributed by atoms with E-state index in [1.54, 1.807) is 13.1 Å². The Kier molecular flexibility index (Phi) is 1.85. The fourth-order valence-corrected chi connectivity index (χ4v) is 0.758. The largest absolute Gasteiger partial charge is 0.373 e. The van der Waals surface area contributed by atoms with Crippen LogP contribution in [-0.2, 0) is 0 Å². The Bertz CT molecular complexity index is 235. The molecule has 2 nitrogen and oxygen atoms in total. The van der Waals surface area contributed by atoms with Crippen LogP contribution in [0.15, 0.2) is 12.1 Å². The molecule has 3 heteroatoms. The van der Waals surface area contributed by atoms with E-state index >= 15 is 0 Å². The molecule has 0 aromatic carbocycles. The summed E-state index contributed by atoms with van der Waals surface area (Å²) in [6.45, 7) is 1.87. The third kappa shape index (κ3) is 1.23. The number of aromatic nitrogens is 1. The lowest BCUT2D eigenvalue weighted by atomic mass is 10.3. The number of rotatable bonds is 1. The lowest BCUT2D eigenvalue weighted by molar-refractivity contribution is 0.584. The van der Waals surface area contributed by atoms with Gasteiger partial charge < -0.3 is 5.32 Å². The maximum Gasteiger partial charge on any atom is 0.214 e. The molecular weight excluding hydrogens is 131 g/mol. The van der Waals surface area contributed by atoms with Gasteiger partial charge >= 0.3 is 0 Å². The van der Waals surface area contributed by atoms with E-state index in [1.807, 2.05) is 6.92 Å². The van der Waals surface area contributed by atoms with Gasteiger partial charge in [0, 0.05) is 7.05 Å². The van der Waals surface area contributed by atoms with Gasteiger partial charge in [0.15, 0.2) is 0 Å². The Hall–Kier alpha value is -1.12. The Morgan fingerprint density at radius 3 is 2.70 bits per heavy atom. The number of aryl methyl sites for hydroxylation is 1. The third-order valence-electron chi connectivity index (χ3n) is 1.30. The van der Waals surface area contributed by atoms with E-state index < -0.39 is 5.95 Å². The second kappa shape index (κ2) is 2.64. The SMILES string of the molecule is CNc1nc(F)ccc1C. The van der Waals surface area contributed by atoms with Gasteiger partial charge in [-0.05, 0) is 18.6 Å². The van der Waals surface area contributed by atoms with Crippen molar-refractivity contribution < 1.29 is 4.39 Å². The number of nitrogens with zero attached hydrogens (tertiary/aromatic N) is 1. The van der Waals surface area contributed by atoms with Gasteiger partial charge in [0.05, 0.1) is 0 Å². The summed E-state index contributed by atoms with van der Waals surface area (Å²) in [5.74, 6) is 0.148. The summed E-state index contributed by atoms with van der Waals surface area (Å²) in [6, 6.07) is 3.03. The number of hydrogen-bond donors (Lipinski definition) is 1. The van der Waals surface area contributed by atoms with Crippen LogP contribution >= 0.6 is 0 Å². The Balaban J connectivity index is 3.09. The first-order chi connectivity index (χ1) is 4.74. The second-order valence-electron chi connectivity index (χ2n) is 2.05. The van der Waals surface area contributed by atoms with Crippen molar-refractivity contribution >= 4 is 5.82 Å². The van der Waals surface area contributed by atoms with Crippen LogP contribution in [0.1, 0.15) is 5.56 Å². The molecule has 1 aromatic heterocycles. The number of anilines is 1. The third-order valence-corrected chi connectivity index (χ3v) is 1.30. The van der Waals surface area contributed by atoms with Crippen LogP contribution in [0.5, 0.6) is 0 Å². The van der Waals surface area contributed by atoms with Crippen LogP contribution in [0.25, 0.3) is 0 Å². The molecule has 0 aliphatic carbocycles. The quantitative estimate of drug-likeness (QED) is 0.599. The van der Waals surface area contributed by atoms with Gasteiger partial charge in [0.2, 0.25) is 5.95 Å². The molecule has 0 spiro atoms. The van der Waals surface area contributed by atoms with Crippen LogP contribution in [0.2, 0.25) is 0 Å². The maximum absolute atomic E-state index is 12.4. The van der Waals surface area contributed by atoms with E-state index in [0.29, 0.717) is 5.82 Å². The molecule has 0 radical (unpaired) electrons. The van der Waals surface area contributed by atoms with Crippen LogP contribution < -0.4 is 5.32 Å². The average molecular weight is 140 g/mol. The standard InChI is InChI=1S/C7H9FN2/c1-5-3-4-6(8)10-7(5)9-2/h3-4H,1-2H3,(H,9,10). The molecule has 54 valence electrons. The van der Waals surface area contributed by atoms with Crippen molar-refractivity contribution in [2.45, 2.75) is 6.92 Å². The first-order valence-electron chi connectivity index (χ1n) is 3.05. The van der Waals surface area contributed by atoms with Gasteiger partial charge in [-0.3, -0.25) is 0 Å². The first kappa shape index (κ1) is 6.99. The number of hydrogen-bond acceptors (Lipinski definition) is 2. The zero-order chi connectivity index (χ0) is 7.56. The van der Waals surface area contributed by atoms with Crippen molar-refractivity contribution in [3.63, 3.8) is 0 Å². The summed E-state index contributed by atoms with van der Waals surface area (Å²) in [4.78, 5) is 3.61. The molecule has 10 heavy (non-hydrogen) atoms. The highest BCUT2D eigenvalue weighted by Gasteiger charge is 1.97. The minimum Gasteiger partial charge on any atom is -0.373 e. The highest BCUT2D eigenvalue weighted by molar-refractivity contribution is 5.41. The van der Waals surface area contributed by atoms with Crippen molar-refractivity contribution in [3.05, 3.63) is 23.6 Å². The highest BCUT2D eigenvalue weighted by Crippen LogP contribution is 2.09. The second-order valence-corrected chi connectivity index (χ2v) is 2.05. The van der Waals surface area contributed by atoms with Crippen LogP contribution in [0.4, 0.5) is 10.2 Å². The van der Waals surface area contributed by atoms with Crippen LogP contribution in [0, 0.1) is 12.9 Å². The van der Waals surface area contributed by atoms with E-state index in [1.165, 1.54) is 6.07 Å². The van der Waals surface area contributed by atoms with Crippen molar-refractivity contribution in [1.29, 1.82) is 0 Å². The van der Waals surface area contributed by atoms with Gasteiger partial charge in [-0.1, -0.05) is 6.07 Å². The molecule has 0 fully saturated rings. The van der Waals surface area contributed by atoms with Gasteiger partial charge in [0.1, 0.15) is 5.82 Å². The lowest BCUT2D eigenvalue weighted by Crippen LogP contribution is -1.96. The molecule has 0 bridgehead atoms. The van der Waals surface area contributed by atoms with Gasteiger partial charge in [-0.15, -0.1) is 0 Å². The Labute approximate surface area is 59.1 Å². The molecule has 0 saturated heterocycles. The molecule has 1 N–H and O–H groups in total. The van der Waals surface area contributed by atoms with Gasteiger partial charge in [-0.25, -0.2) is 4.98 Å². The smallest absolute Gasteiger partial charge is 0.214 e. The monoisotopic (exact) mass is 140 g/mol. The number of pyridine rings is 1. The minimum atomic E-state index is -0.449. The zero-order valence-electron chi connectivity index (χ0n) is 5.98. The van der Waals surface area contributed by atoms with Crippen LogP contribution in [-0.4, -0.2) is 12.0 Å². The van der Waals surface area contributed by atoms with Crippen molar-refractivity contribution in [2.24, 2.45) is 0 Å². The molecule has 0 unspecified atom stereocenters. The summed E-state index contributed by atoms with van der Waals surface area (Å²) in [5.41, 5.74) is 0.948. The molecule has 1 heterocycles. The van der Waals surface area contributed by atoms with E-state index in [2.05, 4.69) is 10.3 Å². The summed E-state index contributed by atoms with van der Waals surface area (Å²) >= 11 is 0. The van der Waals surface area contributed by atoms with E-state index in [4.69, 9.17) is 0 Å². The lowest BCUT2D eigenvalue weighted by Gasteiger charge is -2.01. The number of halogens is 1. The Morgan fingerprint density at radius 2 is 2.20 bits per heavy atom. The highest BCUT2D eigenvalue weighted by atomic mass is 19.1. The predicted octanol–water partition coefficient (Wildman–Crippen LogP) is 1.57. The fraction of sp³-hybridized carbons (Fsp3) is 0.286. The van der Waals surface area contributed by atoms with Crippen LogP contribution in [0.3, 0.4) is 0 Å². The summed E-state index contributed by atoms with van der Waals surface area (Å²) in [6.07, 6.45) is 0. The Morgan fingerprint density at radius 1 is 1.50 bits per heavy atom. The topological polar surface area (TPSA) is 24.9 Å². The fourth-order valence-electron chi connectivity index (χ4n) is 0.758. The van der Waals surface area contributed by atoms with E-state index in [-0.39, 0.29) is 0 Å². The van der Waals surface area contributed by atoms with Crippen molar-refractivity contribution in [3.8, 4) is 0 Å². The van der Waals surface area contributed by atoms with Crippen molar-refractivity contribution in [2.75, 3.05) is 12.4 Å².